The molecule has 4 rings (SSSR count). The first-order chi connectivity index (χ1) is 14.3. The number of nitrogens with one attached hydrogen (secondary N) is 1. The Bertz CT molecular complexity index is 1180. The molecule has 0 aliphatic carbocycles. The van der Waals surface area contributed by atoms with Crippen LogP contribution in [0, 0.1) is 6.92 Å². The summed E-state index contributed by atoms with van der Waals surface area (Å²) >= 11 is 1.06. The molecule has 0 unspecified atom stereocenters. The predicted octanol–water partition coefficient (Wildman–Crippen LogP) is 4.97. The zero-order chi connectivity index (χ0) is 21.3. The Morgan fingerprint density at radius 3 is 2.40 bits per heavy atom. The monoisotopic (exact) mass is 429 g/mol. The van der Waals surface area contributed by atoms with Crippen LogP contribution in [-0.4, -0.2) is 25.9 Å². The molecule has 0 atom stereocenters. The third-order valence-electron chi connectivity index (χ3n) is 4.23. The summed E-state index contributed by atoms with van der Waals surface area (Å²) in [6.07, 6.45) is -3.89. The van der Waals surface area contributed by atoms with Gasteiger partial charge in [0.25, 0.3) is 5.91 Å². The minimum Gasteiger partial charge on any atom is -0.296 e. The average Bonchev–Trinajstić information content (AvgIpc) is 3.36. The third kappa shape index (κ3) is 3.94. The highest BCUT2D eigenvalue weighted by Crippen LogP contribution is 2.34. The molecule has 0 aliphatic heterocycles. The summed E-state index contributed by atoms with van der Waals surface area (Å²) in [7, 11) is 0. The van der Waals surface area contributed by atoms with Gasteiger partial charge < -0.3 is 0 Å². The lowest BCUT2D eigenvalue weighted by Crippen LogP contribution is -2.20. The molecule has 10 heteroatoms. The smallest absolute Gasteiger partial charge is 0.296 e. The maximum atomic E-state index is 13.8. The Balaban J connectivity index is 1.65. The number of rotatable bonds is 4. The lowest BCUT2D eigenvalue weighted by Gasteiger charge is -2.12. The molecule has 0 saturated carbocycles. The van der Waals surface area contributed by atoms with Crippen molar-refractivity contribution in [2.24, 2.45) is 0 Å². The molecule has 2 aromatic heterocycles. The van der Waals surface area contributed by atoms with Gasteiger partial charge in [-0.05, 0) is 19.1 Å². The van der Waals surface area contributed by atoms with Crippen molar-refractivity contribution >= 4 is 22.4 Å². The first-order valence-corrected chi connectivity index (χ1v) is 9.57. The van der Waals surface area contributed by atoms with Gasteiger partial charge in [0.15, 0.2) is 5.69 Å². The van der Waals surface area contributed by atoms with E-state index in [0.717, 1.165) is 28.7 Å². The van der Waals surface area contributed by atoms with Crippen molar-refractivity contribution in [3.05, 3.63) is 77.6 Å². The fourth-order valence-electron chi connectivity index (χ4n) is 2.80. The second kappa shape index (κ2) is 7.71. The molecule has 0 saturated heterocycles. The van der Waals surface area contributed by atoms with Crippen molar-refractivity contribution in [1.29, 1.82) is 0 Å². The standard InChI is InChI=1S/C20H14F3N5OS/c1-12-7-9-14(10-8-12)28-16(20(21,22)23)15(11-24-28)17(29)25-19-27-26-18(30-19)13-5-3-2-4-6-13/h2-11H,1H3,(H,25,27,29). The van der Waals surface area contributed by atoms with E-state index in [0.29, 0.717) is 9.69 Å². The lowest BCUT2D eigenvalue weighted by atomic mass is 10.2. The summed E-state index contributed by atoms with van der Waals surface area (Å²) in [5.74, 6) is -0.962. The van der Waals surface area contributed by atoms with Gasteiger partial charge in [0.1, 0.15) is 5.01 Å². The molecule has 6 nitrogen and oxygen atoms in total. The molecule has 0 bridgehead atoms. The number of amides is 1. The maximum Gasteiger partial charge on any atom is 0.434 e. The summed E-state index contributed by atoms with van der Waals surface area (Å²) in [4.78, 5) is 12.6. The Labute approximate surface area is 173 Å². The Kier molecular flexibility index (Phi) is 5.08. The minimum absolute atomic E-state index is 0.0927. The minimum atomic E-state index is -4.79. The fourth-order valence-corrected chi connectivity index (χ4v) is 3.55. The van der Waals surface area contributed by atoms with Crippen LogP contribution >= 0.6 is 11.3 Å². The molecule has 30 heavy (non-hydrogen) atoms. The molecule has 1 N–H and O–H groups in total. The number of benzene rings is 2. The molecule has 1 amide bonds. The van der Waals surface area contributed by atoms with E-state index in [-0.39, 0.29) is 10.8 Å². The van der Waals surface area contributed by atoms with E-state index in [4.69, 9.17) is 0 Å². The average molecular weight is 429 g/mol. The fraction of sp³-hybridized carbons (Fsp3) is 0.100. The molecule has 2 heterocycles. The number of hydrogen-bond acceptors (Lipinski definition) is 5. The summed E-state index contributed by atoms with van der Waals surface area (Å²) in [5.41, 5.74) is 0.132. The summed E-state index contributed by atoms with van der Waals surface area (Å²) in [6, 6.07) is 15.5. The first-order valence-electron chi connectivity index (χ1n) is 8.75. The van der Waals surface area contributed by atoms with Crippen molar-refractivity contribution < 1.29 is 18.0 Å². The van der Waals surface area contributed by atoms with E-state index in [1.807, 2.05) is 37.3 Å². The number of hydrogen-bond donors (Lipinski definition) is 1. The highest BCUT2D eigenvalue weighted by Gasteiger charge is 2.40. The Morgan fingerprint density at radius 2 is 1.73 bits per heavy atom. The van der Waals surface area contributed by atoms with Gasteiger partial charge in [-0.2, -0.15) is 18.3 Å². The molecular formula is C20H14F3N5OS. The van der Waals surface area contributed by atoms with Gasteiger partial charge >= 0.3 is 6.18 Å². The van der Waals surface area contributed by atoms with Gasteiger partial charge in [-0.25, -0.2) is 4.68 Å². The van der Waals surface area contributed by atoms with Crippen molar-refractivity contribution in [2.45, 2.75) is 13.1 Å². The van der Waals surface area contributed by atoms with E-state index in [2.05, 4.69) is 20.6 Å². The Morgan fingerprint density at radius 1 is 1.03 bits per heavy atom. The first kappa shape index (κ1) is 19.8. The van der Waals surface area contributed by atoms with Crippen LogP contribution in [0.4, 0.5) is 18.3 Å². The van der Waals surface area contributed by atoms with E-state index in [1.165, 1.54) is 12.1 Å². The number of aromatic nitrogens is 4. The third-order valence-corrected chi connectivity index (χ3v) is 5.11. The number of halogens is 3. The largest absolute Gasteiger partial charge is 0.434 e. The SMILES string of the molecule is Cc1ccc(-n2ncc(C(=O)Nc3nnc(-c4ccccc4)s3)c2C(F)(F)F)cc1. The van der Waals surface area contributed by atoms with Gasteiger partial charge in [-0.15, -0.1) is 10.2 Å². The zero-order valence-electron chi connectivity index (χ0n) is 15.5. The van der Waals surface area contributed by atoms with Gasteiger partial charge in [0, 0.05) is 5.56 Å². The van der Waals surface area contributed by atoms with Crippen LogP contribution in [-0.2, 0) is 6.18 Å². The summed E-state index contributed by atoms with van der Waals surface area (Å²) in [5, 5.41) is 14.6. The number of anilines is 1. The highest BCUT2D eigenvalue weighted by atomic mass is 32.1. The molecule has 0 fully saturated rings. The maximum absolute atomic E-state index is 13.8. The quantitative estimate of drug-likeness (QED) is 0.497. The molecule has 2 aromatic carbocycles. The second-order valence-electron chi connectivity index (χ2n) is 6.38. The molecule has 152 valence electrons. The number of carbonyl (C=O) groups excluding carboxylic acids is 1. The zero-order valence-corrected chi connectivity index (χ0v) is 16.3. The van der Waals surface area contributed by atoms with Crippen LogP contribution in [0.5, 0.6) is 0 Å². The topological polar surface area (TPSA) is 72.7 Å². The van der Waals surface area contributed by atoms with E-state index >= 15 is 0 Å². The van der Waals surface area contributed by atoms with Crippen molar-refractivity contribution in [1.82, 2.24) is 20.0 Å². The van der Waals surface area contributed by atoms with Crippen LogP contribution in [0.2, 0.25) is 0 Å². The van der Waals surface area contributed by atoms with Gasteiger partial charge in [0.2, 0.25) is 5.13 Å². The highest BCUT2D eigenvalue weighted by molar-refractivity contribution is 7.18. The Hall–Kier alpha value is -3.53. The van der Waals surface area contributed by atoms with Crippen molar-refractivity contribution in [2.75, 3.05) is 5.32 Å². The molecular weight excluding hydrogens is 415 g/mol. The summed E-state index contributed by atoms with van der Waals surface area (Å²) in [6.45, 7) is 1.82. The predicted molar refractivity (Wildman–Crippen MR) is 107 cm³/mol. The lowest BCUT2D eigenvalue weighted by molar-refractivity contribution is -0.143. The van der Waals surface area contributed by atoms with Crippen LogP contribution in [0.3, 0.4) is 0 Å². The van der Waals surface area contributed by atoms with E-state index in [1.54, 1.807) is 12.1 Å². The van der Waals surface area contributed by atoms with Crippen molar-refractivity contribution in [3.8, 4) is 16.3 Å². The van der Waals surface area contributed by atoms with Crippen LogP contribution in [0.15, 0.2) is 60.8 Å². The van der Waals surface area contributed by atoms with Gasteiger partial charge in [-0.1, -0.05) is 59.4 Å². The number of carbonyl (C=O) groups is 1. The van der Waals surface area contributed by atoms with Crippen LogP contribution in [0.1, 0.15) is 21.6 Å². The molecule has 0 spiro atoms. The van der Waals surface area contributed by atoms with Crippen molar-refractivity contribution in [3.63, 3.8) is 0 Å². The van der Waals surface area contributed by atoms with Crippen LogP contribution < -0.4 is 5.32 Å². The van der Waals surface area contributed by atoms with Gasteiger partial charge in [0.05, 0.1) is 17.4 Å². The molecule has 4 aromatic rings. The number of nitrogens with zero attached hydrogens (tertiary/aromatic N) is 4. The number of alkyl halides is 3. The van der Waals surface area contributed by atoms with E-state index in [9.17, 15) is 18.0 Å². The molecule has 0 radical (unpaired) electrons. The van der Waals surface area contributed by atoms with E-state index < -0.39 is 23.3 Å². The number of aryl methyl sites for hydroxylation is 1. The normalized spacial score (nSPS) is 11.5. The summed E-state index contributed by atoms with van der Waals surface area (Å²) < 4.78 is 42.0. The van der Waals surface area contributed by atoms with Crippen LogP contribution in [0.25, 0.3) is 16.3 Å². The van der Waals surface area contributed by atoms with Gasteiger partial charge in [-0.3, -0.25) is 10.1 Å². The second-order valence-corrected chi connectivity index (χ2v) is 7.36. The molecule has 0 aliphatic rings.